The molecule has 11 heavy (non-hydrogen) atoms. The minimum absolute atomic E-state index is 1.01. The van der Waals surface area contributed by atoms with Crippen LogP contribution in [0.25, 0.3) is 0 Å². The fourth-order valence-electron chi connectivity index (χ4n) is 0.405. The maximum atomic E-state index is 10.4. The average molecular weight is 163 g/mol. The second kappa shape index (κ2) is 3.89. The first-order valence-corrected chi connectivity index (χ1v) is 2.74. The Balaban J connectivity index is 4.12. The molecule has 0 radical (unpaired) electrons. The smallest absolute Gasteiger partial charge is 0.338 e. The van der Waals surface area contributed by atoms with Crippen molar-refractivity contribution in [1.82, 2.24) is 0 Å². The molecule has 0 aromatic carbocycles. The molecule has 0 rings (SSSR count). The van der Waals surface area contributed by atoms with E-state index in [4.69, 9.17) is 10.2 Å². The molecule has 64 valence electrons. The molecular formula is C5H9NO5. The minimum Gasteiger partial charge on any atom is -0.467 e. The van der Waals surface area contributed by atoms with Gasteiger partial charge in [0.25, 0.3) is 0 Å². The Hall–Kier alpha value is -1.14. The van der Waals surface area contributed by atoms with E-state index in [2.05, 4.69) is 10.5 Å². The Morgan fingerprint density at radius 3 is 2.09 bits per heavy atom. The van der Waals surface area contributed by atoms with Gasteiger partial charge >= 0.3 is 5.97 Å². The van der Waals surface area contributed by atoms with Crippen molar-refractivity contribution in [2.24, 2.45) is 5.73 Å². The number of carbonyl (C=O) groups is 2. The maximum Gasteiger partial charge on any atom is 0.338 e. The van der Waals surface area contributed by atoms with Gasteiger partial charge in [0.05, 0.1) is 7.11 Å². The number of aliphatic hydroxyl groups excluding tert-OH is 2. The van der Waals surface area contributed by atoms with Crippen LogP contribution < -0.4 is 5.73 Å². The highest BCUT2D eigenvalue weighted by Gasteiger charge is 2.28. The van der Waals surface area contributed by atoms with Crippen molar-refractivity contribution in [3.8, 4) is 0 Å². The second-order valence-electron chi connectivity index (χ2n) is 1.82. The van der Waals surface area contributed by atoms with E-state index in [9.17, 15) is 9.59 Å². The molecule has 0 aromatic heterocycles. The molecule has 0 bridgehead atoms. The van der Waals surface area contributed by atoms with Crippen molar-refractivity contribution in [3.63, 3.8) is 0 Å². The Kier molecular flexibility index (Phi) is 3.49. The van der Waals surface area contributed by atoms with Crippen LogP contribution in [0.5, 0.6) is 0 Å². The molecule has 0 spiro atoms. The lowest BCUT2D eigenvalue weighted by molar-refractivity contribution is -0.160. The fraction of sp³-hybridized carbons (Fsp3) is 0.600. The van der Waals surface area contributed by atoms with E-state index in [1.54, 1.807) is 0 Å². The van der Waals surface area contributed by atoms with Gasteiger partial charge in [-0.3, -0.25) is 4.79 Å². The summed E-state index contributed by atoms with van der Waals surface area (Å²) in [6.07, 6.45) is -3.82. The molecule has 0 aliphatic rings. The Morgan fingerprint density at radius 2 is 1.82 bits per heavy atom. The summed E-state index contributed by atoms with van der Waals surface area (Å²) in [5.74, 6) is -2.28. The molecule has 0 fully saturated rings. The zero-order valence-corrected chi connectivity index (χ0v) is 5.85. The highest BCUT2D eigenvalue weighted by molar-refractivity contribution is 5.87. The first-order valence-electron chi connectivity index (χ1n) is 2.74. The van der Waals surface area contributed by atoms with Gasteiger partial charge in [0, 0.05) is 0 Å². The second-order valence-corrected chi connectivity index (χ2v) is 1.82. The van der Waals surface area contributed by atoms with Gasteiger partial charge in [-0.2, -0.15) is 0 Å². The third kappa shape index (κ3) is 2.52. The van der Waals surface area contributed by atoms with Crippen molar-refractivity contribution in [1.29, 1.82) is 0 Å². The highest BCUT2D eigenvalue weighted by Crippen LogP contribution is 1.94. The zero-order chi connectivity index (χ0) is 9.02. The number of rotatable bonds is 3. The fourth-order valence-corrected chi connectivity index (χ4v) is 0.405. The van der Waals surface area contributed by atoms with Crippen LogP contribution in [-0.4, -0.2) is 41.4 Å². The summed E-state index contributed by atoms with van der Waals surface area (Å²) < 4.78 is 4.03. The van der Waals surface area contributed by atoms with Gasteiger partial charge in [0.1, 0.15) is 0 Å². The number of aliphatic hydroxyl groups is 2. The van der Waals surface area contributed by atoms with Crippen molar-refractivity contribution in [3.05, 3.63) is 0 Å². The van der Waals surface area contributed by atoms with E-state index >= 15 is 0 Å². The molecule has 1 amide bonds. The number of carbonyl (C=O) groups excluding carboxylic acids is 2. The van der Waals surface area contributed by atoms with Crippen LogP contribution in [0.1, 0.15) is 0 Å². The molecule has 0 aliphatic carbocycles. The number of ether oxygens (including phenoxy) is 1. The normalized spacial score (nSPS) is 15.2. The monoisotopic (exact) mass is 163 g/mol. The van der Waals surface area contributed by atoms with Crippen molar-refractivity contribution in [2.75, 3.05) is 7.11 Å². The topological polar surface area (TPSA) is 110 Å². The quantitative estimate of drug-likeness (QED) is 0.394. The molecule has 4 N–H and O–H groups in total. The van der Waals surface area contributed by atoms with Crippen molar-refractivity contribution >= 4 is 11.9 Å². The van der Waals surface area contributed by atoms with Gasteiger partial charge in [0.2, 0.25) is 5.91 Å². The van der Waals surface area contributed by atoms with Crippen molar-refractivity contribution < 1.29 is 24.5 Å². The summed E-state index contributed by atoms with van der Waals surface area (Å²) in [6, 6.07) is 0. The van der Waals surface area contributed by atoms with Gasteiger partial charge < -0.3 is 20.7 Å². The lowest BCUT2D eigenvalue weighted by Gasteiger charge is -2.11. The highest BCUT2D eigenvalue weighted by atomic mass is 16.5. The summed E-state index contributed by atoms with van der Waals surface area (Å²) in [4.78, 5) is 20.6. The van der Waals surface area contributed by atoms with Crippen LogP contribution in [-0.2, 0) is 14.3 Å². The summed E-state index contributed by atoms with van der Waals surface area (Å²) in [5.41, 5.74) is 4.57. The predicted octanol–water partition coefficient (Wildman–Crippen LogP) is -2.63. The van der Waals surface area contributed by atoms with Crippen LogP contribution in [0.4, 0.5) is 0 Å². The molecule has 0 saturated heterocycles. The molecule has 0 aromatic rings. The van der Waals surface area contributed by atoms with E-state index < -0.39 is 24.1 Å². The molecule has 2 atom stereocenters. The first-order chi connectivity index (χ1) is 5.00. The summed E-state index contributed by atoms with van der Waals surface area (Å²) in [6.45, 7) is 0. The van der Waals surface area contributed by atoms with Crippen molar-refractivity contribution in [2.45, 2.75) is 12.2 Å². The number of esters is 1. The maximum absolute atomic E-state index is 10.4. The zero-order valence-electron chi connectivity index (χ0n) is 5.85. The molecule has 0 saturated carbocycles. The standard InChI is InChI=1S/C5H9NO5/c1-11-5(10)3(8)2(7)4(6)9/h2-3,7-8H,1H3,(H2,6,9). The Morgan fingerprint density at radius 1 is 1.36 bits per heavy atom. The van der Waals surface area contributed by atoms with E-state index in [1.165, 1.54) is 0 Å². The van der Waals surface area contributed by atoms with Gasteiger partial charge in [0.15, 0.2) is 12.2 Å². The molecule has 6 heteroatoms. The number of nitrogens with two attached hydrogens (primary N) is 1. The number of hydrogen-bond acceptors (Lipinski definition) is 5. The summed E-state index contributed by atoms with van der Waals surface area (Å²) >= 11 is 0. The van der Waals surface area contributed by atoms with E-state index in [0.29, 0.717) is 0 Å². The minimum atomic E-state index is -1.91. The van der Waals surface area contributed by atoms with Crippen LogP contribution >= 0.6 is 0 Å². The van der Waals surface area contributed by atoms with Crippen LogP contribution in [0, 0.1) is 0 Å². The first kappa shape index (κ1) is 9.86. The third-order valence-corrected chi connectivity index (χ3v) is 1.03. The SMILES string of the molecule is COC(=O)C(O)C(O)C(N)=O. The summed E-state index contributed by atoms with van der Waals surface area (Å²) in [5, 5.41) is 17.4. The number of hydrogen-bond donors (Lipinski definition) is 3. The molecule has 0 heterocycles. The Bertz CT molecular complexity index is 168. The molecular weight excluding hydrogens is 154 g/mol. The average Bonchev–Trinajstić information content (AvgIpc) is 2.00. The number of methoxy groups -OCH3 is 1. The lowest BCUT2D eigenvalue weighted by Crippen LogP contribution is -2.43. The van der Waals surface area contributed by atoms with Crippen LogP contribution in [0.3, 0.4) is 0 Å². The van der Waals surface area contributed by atoms with Gasteiger partial charge in [-0.25, -0.2) is 4.79 Å². The molecule has 0 aliphatic heterocycles. The number of primary amides is 1. The van der Waals surface area contributed by atoms with E-state index in [1.807, 2.05) is 0 Å². The summed E-state index contributed by atoms with van der Waals surface area (Å²) in [7, 11) is 1.01. The molecule has 6 nitrogen and oxygen atoms in total. The van der Waals surface area contributed by atoms with E-state index in [0.717, 1.165) is 7.11 Å². The van der Waals surface area contributed by atoms with Gasteiger partial charge in [-0.15, -0.1) is 0 Å². The van der Waals surface area contributed by atoms with Gasteiger partial charge in [-0.1, -0.05) is 0 Å². The lowest BCUT2D eigenvalue weighted by atomic mass is 10.2. The van der Waals surface area contributed by atoms with Gasteiger partial charge in [-0.05, 0) is 0 Å². The predicted molar refractivity (Wildman–Crippen MR) is 33.2 cm³/mol. The van der Waals surface area contributed by atoms with Crippen LogP contribution in [0.2, 0.25) is 0 Å². The van der Waals surface area contributed by atoms with E-state index in [-0.39, 0.29) is 0 Å². The Labute approximate surface area is 62.6 Å². The number of amides is 1. The largest absolute Gasteiger partial charge is 0.467 e. The van der Waals surface area contributed by atoms with Crippen LogP contribution in [0.15, 0.2) is 0 Å². The molecule has 2 unspecified atom stereocenters. The third-order valence-electron chi connectivity index (χ3n) is 1.03.